The third kappa shape index (κ3) is 3.39. The Bertz CT molecular complexity index is 572. The lowest BCUT2D eigenvalue weighted by molar-refractivity contribution is 0.264. The van der Waals surface area contributed by atoms with Crippen molar-refractivity contribution in [1.82, 2.24) is 0 Å². The molecule has 2 rings (SSSR count). The molecule has 0 heterocycles. The Kier molecular flexibility index (Phi) is 4.66. The number of halogens is 3. The van der Waals surface area contributed by atoms with Gasteiger partial charge in [0, 0.05) is 5.92 Å². The van der Waals surface area contributed by atoms with E-state index >= 15 is 0 Å². The summed E-state index contributed by atoms with van der Waals surface area (Å²) < 4.78 is 27.0. The summed E-state index contributed by atoms with van der Waals surface area (Å²) in [5.74, 6) is -0.934. The van der Waals surface area contributed by atoms with Gasteiger partial charge in [0.2, 0.25) is 0 Å². The number of rotatable bonds is 4. The number of aliphatic hydroxyl groups excluding tert-OH is 1. The number of hydrogen-bond acceptors (Lipinski definition) is 1. The van der Waals surface area contributed by atoms with E-state index in [-0.39, 0.29) is 24.2 Å². The summed E-state index contributed by atoms with van der Waals surface area (Å²) in [6.07, 6.45) is 0.443. The highest BCUT2D eigenvalue weighted by Gasteiger charge is 2.15. The molecule has 1 N–H and O–H groups in total. The van der Waals surface area contributed by atoms with E-state index in [1.54, 1.807) is 24.3 Å². The topological polar surface area (TPSA) is 20.2 Å². The summed E-state index contributed by atoms with van der Waals surface area (Å²) in [6, 6.07) is 10.9. The molecule has 0 bridgehead atoms. The van der Waals surface area contributed by atoms with Gasteiger partial charge in [-0.05, 0) is 51.7 Å². The van der Waals surface area contributed by atoms with E-state index in [1.165, 1.54) is 18.2 Å². The lowest BCUT2D eigenvalue weighted by atomic mass is 9.92. The van der Waals surface area contributed by atoms with E-state index in [1.807, 2.05) is 0 Å². The second-order valence-corrected chi connectivity index (χ2v) is 5.14. The van der Waals surface area contributed by atoms with Crippen molar-refractivity contribution < 1.29 is 13.9 Å². The third-order valence-electron chi connectivity index (χ3n) is 3.04. The minimum atomic E-state index is -0.339. The van der Waals surface area contributed by atoms with E-state index in [0.717, 1.165) is 5.56 Å². The molecule has 0 aliphatic carbocycles. The van der Waals surface area contributed by atoms with Crippen molar-refractivity contribution in [2.24, 2.45) is 0 Å². The van der Waals surface area contributed by atoms with Crippen LogP contribution in [0, 0.1) is 11.6 Å². The molecule has 0 amide bonds. The Morgan fingerprint density at radius 2 is 1.84 bits per heavy atom. The Morgan fingerprint density at radius 1 is 1.11 bits per heavy atom. The van der Waals surface area contributed by atoms with Crippen LogP contribution in [-0.4, -0.2) is 11.7 Å². The molecule has 100 valence electrons. The second kappa shape index (κ2) is 6.26. The van der Waals surface area contributed by atoms with Crippen LogP contribution in [0.25, 0.3) is 0 Å². The molecule has 1 unspecified atom stereocenters. The first kappa shape index (κ1) is 14.2. The monoisotopic (exact) mass is 326 g/mol. The molecule has 1 nitrogen and oxygen atoms in total. The fourth-order valence-corrected chi connectivity index (χ4v) is 2.45. The summed E-state index contributed by atoms with van der Waals surface area (Å²) in [5.41, 5.74) is 1.46. The molecule has 4 heteroatoms. The van der Waals surface area contributed by atoms with Crippen LogP contribution < -0.4 is 0 Å². The standard InChI is InChI=1S/C15H13BrF2O/c16-15-11(4-2-6-14(15)18)7-12(9-19)10-3-1-5-13(17)8-10/h1-6,8,12,19H,7,9H2. The summed E-state index contributed by atoms with van der Waals surface area (Å²) >= 11 is 3.19. The highest BCUT2D eigenvalue weighted by atomic mass is 79.9. The smallest absolute Gasteiger partial charge is 0.137 e. The molecule has 0 fully saturated rings. The molecule has 0 aliphatic rings. The van der Waals surface area contributed by atoms with Gasteiger partial charge in [0.25, 0.3) is 0 Å². The molecule has 0 saturated carbocycles. The van der Waals surface area contributed by atoms with Crippen LogP contribution in [0.4, 0.5) is 8.78 Å². The number of aliphatic hydroxyl groups is 1. The fraction of sp³-hybridized carbons (Fsp3) is 0.200. The van der Waals surface area contributed by atoms with E-state index in [0.29, 0.717) is 16.5 Å². The quantitative estimate of drug-likeness (QED) is 0.898. The van der Waals surface area contributed by atoms with Crippen LogP contribution >= 0.6 is 15.9 Å². The molecular weight excluding hydrogens is 314 g/mol. The Hall–Kier alpha value is -1.26. The van der Waals surface area contributed by atoms with Crippen molar-refractivity contribution >= 4 is 15.9 Å². The predicted octanol–water partition coefficient (Wildman–Crippen LogP) is 4.05. The third-order valence-corrected chi connectivity index (χ3v) is 3.93. The number of hydrogen-bond donors (Lipinski definition) is 1. The van der Waals surface area contributed by atoms with Crippen molar-refractivity contribution in [1.29, 1.82) is 0 Å². The molecule has 1 atom stereocenters. The lowest BCUT2D eigenvalue weighted by Gasteiger charge is -2.16. The first-order valence-electron chi connectivity index (χ1n) is 5.91. The summed E-state index contributed by atoms with van der Waals surface area (Å²) in [4.78, 5) is 0. The zero-order valence-corrected chi connectivity index (χ0v) is 11.7. The van der Waals surface area contributed by atoms with Crippen LogP contribution in [0.1, 0.15) is 17.0 Å². The van der Waals surface area contributed by atoms with Gasteiger partial charge in [-0.25, -0.2) is 8.78 Å². The minimum Gasteiger partial charge on any atom is -0.396 e. The van der Waals surface area contributed by atoms with Gasteiger partial charge in [-0.2, -0.15) is 0 Å². The number of benzene rings is 2. The lowest BCUT2D eigenvalue weighted by Crippen LogP contribution is -2.09. The molecular formula is C15H13BrF2O. The molecule has 2 aromatic carbocycles. The maximum absolute atomic E-state index is 13.4. The van der Waals surface area contributed by atoms with Gasteiger partial charge in [-0.1, -0.05) is 24.3 Å². The molecule has 0 spiro atoms. The highest BCUT2D eigenvalue weighted by molar-refractivity contribution is 9.10. The van der Waals surface area contributed by atoms with Gasteiger partial charge in [0.1, 0.15) is 11.6 Å². The van der Waals surface area contributed by atoms with E-state index in [2.05, 4.69) is 15.9 Å². The second-order valence-electron chi connectivity index (χ2n) is 4.35. The SMILES string of the molecule is OCC(Cc1cccc(F)c1Br)c1cccc(F)c1. The van der Waals surface area contributed by atoms with Crippen LogP contribution in [0.3, 0.4) is 0 Å². The van der Waals surface area contributed by atoms with Gasteiger partial charge < -0.3 is 5.11 Å². The van der Waals surface area contributed by atoms with Crippen molar-refractivity contribution in [3.63, 3.8) is 0 Å². The van der Waals surface area contributed by atoms with Gasteiger partial charge >= 0.3 is 0 Å². The maximum Gasteiger partial charge on any atom is 0.137 e. The van der Waals surface area contributed by atoms with Crippen LogP contribution in [0.5, 0.6) is 0 Å². The van der Waals surface area contributed by atoms with E-state index in [4.69, 9.17) is 0 Å². The normalized spacial score (nSPS) is 12.4. The van der Waals surface area contributed by atoms with E-state index < -0.39 is 0 Å². The molecule has 0 aliphatic heterocycles. The molecule has 0 aromatic heterocycles. The Balaban J connectivity index is 2.26. The van der Waals surface area contributed by atoms with Crippen molar-refractivity contribution in [2.45, 2.75) is 12.3 Å². The summed E-state index contributed by atoms with van der Waals surface area (Å²) in [6.45, 7) is -0.119. The zero-order valence-electron chi connectivity index (χ0n) is 10.1. The minimum absolute atomic E-state index is 0.119. The zero-order chi connectivity index (χ0) is 13.8. The highest BCUT2D eigenvalue weighted by Crippen LogP contribution is 2.27. The largest absolute Gasteiger partial charge is 0.396 e. The van der Waals surface area contributed by atoms with Crippen molar-refractivity contribution in [3.8, 4) is 0 Å². The molecule has 0 saturated heterocycles. The van der Waals surface area contributed by atoms with E-state index in [9.17, 15) is 13.9 Å². The fourth-order valence-electron chi connectivity index (χ4n) is 2.02. The summed E-state index contributed by atoms with van der Waals surface area (Å²) in [5, 5.41) is 9.46. The molecule has 19 heavy (non-hydrogen) atoms. The Labute approximate surface area is 119 Å². The van der Waals surface area contributed by atoms with Gasteiger partial charge in [0.15, 0.2) is 0 Å². The molecule has 0 radical (unpaired) electrons. The molecule has 2 aromatic rings. The van der Waals surface area contributed by atoms with Crippen LogP contribution in [0.15, 0.2) is 46.9 Å². The Morgan fingerprint density at radius 3 is 2.53 bits per heavy atom. The average molecular weight is 327 g/mol. The van der Waals surface area contributed by atoms with Gasteiger partial charge in [-0.3, -0.25) is 0 Å². The first-order chi connectivity index (χ1) is 9.11. The first-order valence-corrected chi connectivity index (χ1v) is 6.70. The van der Waals surface area contributed by atoms with Gasteiger partial charge in [-0.15, -0.1) is 0 Å². The van der Waals surface area contributed by atoms with Crippen molar-refractivity contribution in [3.05, 3.63) is 69.7 Å². The van der Waals surface area contributed by atoms with Crippen molar-refractivity contribution in [2.75, 3.05) is 6.61 Å². The van der Waals surface area contributed by atoms with Crippen LogP contribution in [-0.2, 0) is 6.42 Å². The van der Waals surface area contributed by atoms with Gasteiger partial charge in [0.05, 0.1) is 11.1 Å². The predicted molar refractivity (Wildman–Crippen MR) is 74.0 cm³/mol. The maximum atomic E-state index is 13.4. The average Bonchev–Trinajstić information content (AvgIpc) is 2.40. The van der Waals surface area contributed by atoms with Crippen LogP contribution in [0.2, 0.25) is 0 Å². The summed E-state index contributed by atoms with van der Waals surface area (Å²) in [7, 11) is 0.